The molecule has 116 valence electrons. The Balaban J connectivity index is 0.00000161. The maximum atomic E-state index is 12.6. The second kappa shape index (κ2) is 6.38. The van der Waals surface area contributed by atoms with Gasteiger partial charge in [0.15, 0.2) is 0 Å². The highest BCUT2D eigenvalue weighted by atomic mass is 35.5. The molecule has 0 spiro atoms. The van der Waals surface area contributed by atoms with Gasteiger partial charge in [0.25, 0.3) is 5.91 Å². The Bertz CT molecular complexity index is 581. The number of hydrogen-bond donors (Lipinski definition) is 1. The van der Waals surface area contributed by atoms with Crippen molar-refractivity contribution in [3.63, 3.8) is 0 Å². The van der Waals surface area contributed by atoms with Gasteiger partial charge < -0.3 is 15.2 Å². The predicted molar refractivity (Wildman–Crippen MR) is 82.7 cm³/mol. The zero-order valence-corrected chi connectivity index (χ0v) is 13.1. The number of rotatable bonds is 4. The van der Waals surface area contributed by atoms with Crippen LogP contribution >= 0.6 is 24.0 Å². The minimum absolute atomic E-state index is 0. The van der Waals surface area contributed by atoms with E-state index < -0.39 is 0 Å². The lowest BCUT2D eigenvalue weighted by atomic mass is 10.0. The number of nitrogens with two attached hydrogens (primary N) is 1. The minimum Gasteiger partial charge on any atom is -0.335 e. The summed E-state index contributed by atoms with van der Waals surface area (Å²) in [5.74, 6) is 0.0490. The first-order valence-electron chi connectivity index (χ1n) is 6.82. The molecule has 0 unspecified atom stereocenters. The molecule has 1 fully saturated rings. The predicted octanol–water partition coefficient (Wildman–Crippen LogP) is 2.54. The fraction of sp³-hybridized carbons (Fsp3) is 0.500. The summed E-state index contributed by atoms with van der Waals surface area (Å²) < 4.78 is 14.3. The summed E-state index contributed by atoms with van der Waals surface area (Å²) >= 11 is 6.31. The van der Waals surface area contributed by atoms with E-state index in [2.05, 4.69) is 0 Å². The molecule has 1 aromatic rings. The van der Waals surface area contributed by atoms with Gasteiger partial charge in [0.1, 0.15) is 5.15 Å². The van der Waals surface area contributed by atoms with E-state index in [9.17, 15) is 9.18 Å². The number of amides is 1. The summed E-state index contributed by atoms with van der Waals surface area (Å²) in [6, 6.07) is 0.406. The van der Waals surface area contributed by atoms with Gasteiger partial charge in [-0.15, -0.1) is 12.4 Å². The van der Waals surface area contributed by atoms with Crippen LogP contribution in [-0.2, 0) is 13.0 Å². The van der Waals surface area contributed by atoms with Gasteiger partial charge in [-0.1, -0.05) is 11.6 Å². The van der Waals surface area contributed by atoms with Crippen LogP contribution in [0, 0.1) is 0 Å². The van der Waals surface area contributed by atoms with E-state index >= 15 is 0 Å². The number of carbonyl (C=O) groups is 1. The number of carbonyl (C=O) groups excluding carboxylic acids is 1. The molecule has 0 atom stereocenters. The van der Waals surface area contributed by atoms with Gasteiger partial charge >= 0.3 is 0 Å². The Morgan fingerprint density at radius 3 is 2.81 bits per heavy atom. The van der Waals surface area contributed by atoms with Crippen LogP contribution in [0.4, 0.5) is 4.39 Å². The van der Waals surface area contributed by atoms with Crippen LogP contribution < -0.4 is 5.73 Å². The van der Waals surface area contributed by atoms with Crippen molar-refractivity contribution in [1.82, 2.24) is 9.47 Å². The molecule has 0 radical (unpaired) electrons. The van der Waals surface area contributed by atoms with Crippen LogP contribution in [0.5, 0.6) is 0 Å². The summed E-state index contributed by atoms with van der Waals surface area (Å²) in [6.07, 6.45) is 5.19. The van der Waals surface area contributed by atoms with Crippen molar-refractivity contribution in [3.05, 3.63) is 34.4 Å². The van der Waals surface area contributed by atoms with E-state index in [1.807, 2.05) is 4.90 Å². The molecule has 1 saturated carbocycles. The maximum Gasteiger partial charge on any atom is 0.255 e. The lowest BCUT2D eigenvalue weighted by molar-refractivity contribution is 0.0727. The summed E-state index contributed by atoms with van der Waals surface area (Å²) in [5, 5.41) is 0.525. The van der Waals surface area contributed by atoms with Crippen LogP contribution in [0.3, 0.4) is 0 Å². The first kappa shape index (κ1) is 16.3. The van der Waals surface area contributed by atoms with Gasteiger partial charge in [0, 0.05) is 37.4 Å². The molecule has 2 aliphatic rings. The van der Waals surface area contributed by atoms with E-state index in [0.29, 0.717) is 28.7 Å². The highest BCUT2D eigenvalue weighted by molar-refractivity contribution is 6.31. The number of halogens is 3. The fourth-order valence-corrected chi connectivity index (χ4v) is 3.00. The molecular formula is C14H18Cl2FN3O. The van der Waals surface area contributed by atoms with Crippen LogP contribution in [0.2, 0.25) is 5.15 Å². The molecule has 3 rings (SSSR count). The van der Waals surface area contributed by atoms with Crippen molar-refractivity contribution in [2.24, 2.45) is 5.73 Å². The zero-order chi connectivity index (χ0) is 14.3. The van der Waals surface area contributed by atoms with Gasteiger partial charge in [-0.05, 0) is 24.8 Å². The molecule has 1 aromatic heterocycles. The monoisotopic (exact) mass is 333 g/mol. The van der Waals surface area contributed by atoms with Crippen LogP contribution in [0.25, 0.3) is 0 Å². The van der Waals surface area contributed by atoms with E-state index in [1.54, 1.807) is 10.8 Å². The van der Waals surface area contributed by atoms with E-state index in [4.69, 9.17) is 17.3 Å². The van der Waals surface area contributed by atoms with Crippen molar-refractivity contribution in [1.29, 1.82) is 0 Å². The normalized spacial score (nSPS) is 18.5. The van der Waals surface area contributed by atoms with Gasteiger partial charge in [-0.2, -0.15) is 0 Å². The van der Waals surface area contributed by atoms with Crippen molar-refractivity contribution >= 4 is 29.9 Å². The Hall–Kier alpha value is -1.04. The molecule has 2 N–H and O–H groups in total. The summed E-state index contributed by atoms with van der Waals surface area (Å²) in [5.41, 5.74) is 7.45. The molecule has 7 heteroatoms. The van der Waals surface area contributed by atoms with Crippen molar-refractivity contribution in [2.45, 2.75) is 31.8 Å². The third-order valence-corrected chi connectivity index (χ3v) is 4.43. The lowest BCUT2D eigenvalue weighted by Crippen LogP contribution is -2.38. The maximum absolute atomic E-state index is 12.6. The highest BCUT2D eigenvalue weighted by Crippen LogP contribution is 2.34. The Morgan fingerprint density at radius 2 is 2.24 bits per heavy atom. The second-order valence-electron chi connectivity index (χ2n) is 5.39. The molecule has 0 saturated heterocycles. The number of nitrogens with zero attached hydrogens (tertiary/aromatic N) is 2. The van der Waals surface area contributed by atoms with Crippen LogP contribution in [-0.4, -0.2) is 34.5 Å². The summed E-state index contributed by atoms with van der Waals surface area (Å²) in [6.45, 7) is 1.15. The quantitative estimate of drug-likeness (QED) is 0.920. The molecule has 1 aliphatic carbocycles. The van der Waals surface area contributed by atoms with E-state index in [0.717, 1.165) is 31.4 Å². The van der Waals surface area contributed by atoms with Crippen molar-refractivity contribution in [3.8, 4) is 0 Å². The Kier molecular flexibility index (Phi) is 4.96. The largest absolute Gasteiger partial charge is 0.335 e. The third-order valence-electron chi connectivity index (χ3n) is 3.98. The van der Waals surface area contributed by atoms with E-state index in [1.165, 1.54) is 0 Å². The van der Waals surface area contributed by atoms with Crippen LogP contribution in [0.1, 0.15) is 28.8 Å². The van der Waals surface area contributed by atoms with E-state index in [-0.39, 0.29) is 31.4 Å². The molecular weight excluding hydrogens is 316 g/mol. The lowest BCUT2D eigenvalue weighted by Gasteiger charge is -2.26. The summed E-state index contributed by atoms with van der Waals surface area (Å²) in [4.78, 5) is 14.4. The zero-order valence-electron chi connectivity index (χ0n) is 11.5. The molecule has 1 aliphatic heterocycles. The molecule has 2 heterocycles. The molecule has 21 heavy (non-hydrogen) atoms. The van der Waals surface area contributed by atoms with Gasteiger partial charge in [-0.3, -0.25) is 4.79 Å². The first-order valence-corrected chi connectivity index (χ1v) is 7.20. The Morgan fingerprint density at radius 1 is 1.52 bits per heavy atom. The number of hydrogen-bond acceptors (Lipinski definition) is 2. The first-order chi connectivity index (χ1) is 9.65. The number of fused-ring (bicyclic) bond motifs is 1. The average molecular weight is 334 g/mol. The topological polar surface area (TPSA) is 51.3 Å². The SMILES string of the molecule is Cl.NC/C(=C\F)Cn1cc2c(c1Cl)CCN(C1CC1)C2=O. The summed E-state index contributed by atoms with van der Waals surface area (Å²) in [7, 11) is 0. The molecule has 1 amide bonds. The minimum atomic E-state index is 0. The standard InChI is InChI=1S/C14H17ClFN3O.ClH/c15-13-11-3-4-19(10-1-2-10)14(20)12(11)8-18(13)7-9(5-16)6-17;/h5,8,10H,1-4,6-7,17H2;1H/b9-5+;. The van der Waals surface area contributed by atoms with Crippen LogP contribution in [0.15, 0.2) is 18.1 Å². The smallest absolute Gasteiger partial charge is 0.255 e. The second-order valence-corrected chi connectivity index (χ2v) is 5.75. The molecule has 0 aromatic carbocycles. The Labute approximate surface area is 134 Å². The number of aromatic nitrogens is 1. The molecule has 0 bridgehead atoms. The molecule has 4 nitrogen and oxygen atoms in total. The van der Waals surface area contributed by atoms with Gasteiger partial charge in [-0.25, -0.2) is 4.39 Å². The third kappa shape index (κ3) is 2.96. The van der Waals surface area contributed by atoms with Gasteiger partial charge in [0.2, 0.25) is 0 Å². The van der Waals surface area contributed by atoms with Gasteiger partial charge in [0.05, 0.1) is 11.9 Å². The average Bonchev–Trinajstić information content (AvgIpc) is 3.24. The van der Waals surface area contributed by atoms with Crippen molar-refractivity contribution in [2.75, 3.05) is 13.1 Å². The van der Waals surface area contributed by atoms with Crippen molar-refractivity contribution < 1.29 is 9.18 Å². The highest BCUT2D eigenvalue weighted by Gasteiger charge is 2.37. The fourth-order valence-electron chi connectivity index (χ4n) is 2.70.